The maximum Gasteiger partial charge on any atom is 0.336 e. The molecule has 0 spiro atoms. The SMILES string of the molecule is O=C(O)c1ccccc1-c1c2nc(c(-c3ccccc3C(=O)O)c3ccc([nH]3)c(-c3ccccc3C(=O)O)c3nc(c(-c4ccccc4C(=O)O)c4ccc1[nH]4)C=C3)C=C2.[Cu]. The van der Waals surface area contributed by atoms with E-state index in [1.54, 1.807) is 121 Å². The molecule has 1 radical (unpaired) electrons. The molecule has 0 atom stereocenters. The van der Waals surface area contributed by atoms with Gasteiger partial charge in [0.25, 0.3) is 0 Å². The topological polar surface area (TPSA) is 207 Å². The van der Waals surface area contributed by atoms with Crippen molar-refractivity contribution in [1.82, 2.24) is 19.9 Å². The van der Waals surface area contributed by atoms with Crippen molar-refractivity contribution in [2.75, 3.05) is 0 Å². The fourth-order valence-corrected chi connectivity index (χ4v) is 7.89. The summed E-state index contributed by atoms with van der Waals surface area (Å²) < 4.78 is 0. The Hall–Kier alpha value is -8.12. The van der Waals surface area contributed by atoms with Gasteiger partial charge in [-0.25, -0.2) is 29.1 Å². The molecule has 8 bridgehead atoms. The number of nitrogens with zero attached hydrogens (tertiary/aromatic N) is 2. The molecule has 9 rings (SSSR count). The van der Waals surface area contributed by atoms with Gasteiger partial charge >= 0.3 is 23.9 Å². The van der Waals surface area contributed by atoms with Gasteiger partial charge < -0.3 is 30.4 Å². The van der Waals surface area contributed by atoms with Crippen LogP contribution in [0.3, 0.4) is 0 Å². The molecule has 3 aromatic heterocycles. The van der Waals surface area contributed by atoms with E-state index in [0.29, 0.717) is 89.4 Å². The molecule has 0 amide bonds. The second kappa shape index (κ2) is 15.9. The van der Waals surface area contributed by atoms with Crippen LogP contribution in [0.5, 0.6) is 0 Å². The van der Waals surface area contributed by atoms with Gasteiger partial charge in [-0.2, -0.15) is 0 Å². The average molecular weight is 854 g/mol. The first kappa shape index (κ1) is 39.7. The van der Waals surface area contributed by atoms with Gasteiger partial charge in [0.1, 0.15) is 0 Å². The average Bonchev–Trinajstić information content (AvgIpc) is 4.09. The van der Waals surface area contributed by atoms with Crippen molar-refractivity contribution >= 4 is 70.2 Å². The number of aromatic nitrogens is 4. The van der Waals surface area contributed by atoms with E-state index < -0.39 is 23.9 Å². The van der Waals surface area contributed by atoms with E-state index >= 15 is 0 Å². The molecule has 2 aliphatic rings. The first-order valence-electron chi connectivity index (χ1n) is 18.6. The number of aromatic carboxylic acids is 4. The number of fused-ring (bicyclic) bond motifs is 8. The van der Waals surface area contributed by atoms with Gasteiger partial charge in [-0.3, -0.25) is 0 Å². The molecule has 13 heteroatoms. The number of rotatable bonds is 8. The van der Waals surface area contributed by atoms with Gasteiger partial charge in [-0.15, -0.1) is 0 Å². The molecular formula is C48H30CuN4O8. The number of carboxylic acids is 4. The van der Waals surface area contributed by atoms with Crippen molar-refractivity contribution in [3.8, 4) is 44.5 Å². The molecule has 0 saturated carbocycles. The van der Waals surface area contributed by atoms with Gasteiger partial charge in [0.2, 0.25) is 0 Å². The van der Waals surface area contributed by atoms with Crippen molar-refractivity contribution in [1.29, 1.82) is 0 Å². The summed E-state index contributed by atoms with van der Waals surface area (Å²) in [5.41, 5.74) is 6.29. The third-order valence-corrected chi connectivity index (χ3v) is 10.5. The molecule has 6 N–H and O–H groups in total. The summed E-state index contributed by atoms with van der Waals surface area (Å²) in [6.45, 7) is 0. The van der Waals surface area contributed by atoms with Crippen LogP contribution in [0.2, 0.25) is 0 Å². The van der Waals surface area contributed by atoms with Crippen LogP contribution in [0.1, 0.15) is 64.2 Å². The van der Waals surface area contributed by atoms with Crippen molar-refractivity contribution < 1.29 is 56.7 Å². The second-order valence-electron chi connectivity index (χ2n) is 13.9. The number of H-pyrrole nitrogens is 2. The maximum atomic E-state index is 12.7. The molecule has 5 heterocycles. The quantitative estimate of drug-likeness (QED) is 0.0798. The molecule has 0 aliphatic carbocycles. The zero-order valence-electron chi connectivity index (χ0n) is 31.5. The Labute approximate surface area is 356 Å². The van der Waals surface area contributed by atoms with Crippen LogP contribution < -0.4 is 0 Å². The number of hydrogen-bond donors (Lipinski definition) is 6. The third kappa shape index (κ3) is 6.99. The summed E-state index contributed by atoms with van der Waals surface area (Å²) in [5, 5.41) is 41.5. The Morgan fingerprint density at radius 1 is 0.344 bits per heavy atom. The minimum Gasteiger partial charge on any atom is -0.478 e. The van der Waals surface area contributed by atoms with Gasteiger partial charge in [-0.1, -0.05) is 72.8 Å². The minimum absolute atomic E-state index is 0. The monoisotopic (exact) mass is 853 g/mol. The molecule has 0 unspecified atom stereocenters. The summed E-state index contributed by atoms with van der Waals surface area (Å²) >= 11 is 0. The van der Waals surface area contributed by atoms with E-state index in [1.165, 1.54) is 24.3 Å². The van der Waals surface area contributed by atoms with Crippen molar-refractivity contribution in [2.45, 2.75) is 0 Å². The predicted octanol–water partition coefficient (Wildman–Crippen LogP) is 10.1. The van der Waals surface area contributed by atoms with Crippen LogP contribution in [-0.2, 0) is 17.1 Å². The van der Waals surface area contributed by atoms with Crippen LogP contribution in [-0.4, -0.2) is 64.2 Å². The third-order valence-electron chi connectivity index (χ3n) is 10.5. The van der Waals surface area contributed by atoms with Crippen LogP contribution in [0.4, 0.5) is 0 Å². The van der Waals surface area contributed by atoms with Gasteiger partial charge in [0.05, 0.1) is 45.0 Å². The van der Waals surface area contributed by atoms with Gasteiger partial charge in [-0.05, 0) is 72.8 Å². The van der Waals surface area contributed by atoms with Crippen molar-refractivity contribution in [3.05, 3.63) is 166 Å². The van der Waals surface area contributed by atoms with Crippen LogP contribution >= 0.6 is 0 Å². The smallest absolute Gasteiger partial charge is 0.336 e. The molecule has 0 saturated heterocycles. The van der Waals surface area contributed by atoms with Crippen LogP contribution in [0.15, 0.2) is 121 Å². The van der Waals surface area contributed by atoms with E-state index in [2.05, 4.69) is 9.97 Å². The second-order valence-corrected chi connectivity index (χ2v) is 13.9. The molecule has 7 aromatic rings. The summed E-state index contributed by atoms with van der Waals surface area (Å²) in [6.07, 6.45) is 6.91. The molecule has 2 aliphatic heterocycles. The Morgan fingerprint density at radius 2 is 0.557 bits per heavy atom. The van der Waals surface area contributed by atoms with Crippen molar-refractivity contribution in [3.63, 3.8) is 0 Å². The Morgan fingerprint density at radius 3 is 0.770 bits per heavy atom. The number of benzene rings is 4. The number of carbonyl (C=O) groups is 4. The zero-order valence-corrected chi connectivity index (χ0v) is 32.4. The first-order valence-corrected chi connectivity index (χ1v) is 18.6. The molecule has 61 heavy (non-hydrogen) atoms. The van der Waals surface area contributed by atoms with Crippen molar-refractivity contribution in [2.24, 2.45) is 0 Å². The molecule has 0 fully saturated rings. The summed E-state index contributed by atoms with van der Waals surface area (Å²) in [7, 11) is 0. The fraction of sp³-hybridized carbons (Fsp3) is 0. The molecule has 301 valence electrons. The van der Waals surface area contributed by atoms with Gasteiger partial charge in [0, 0.05) is 83.6 Å². The van der Waals surface area contributed by atoms with Crippen LogP contribution in [0, 0.1) is 0 Å². The number of hydrogen-bond acceptors (Lipinski definition) is 6. The first-order chi connectivity index (χ1) is 29.1. The number of aromatic amines is 2. The molecule has 12 nitrogen and oxygen atoms in total. The standard InChI is InChI=1S/C48H30N4O8.Cu/c53-45(54)29-13-5-1-9-25(29)41-33-17-19-35(49-33)42(26-10-2-6-14-30(26)46(55)56)37-21-23-39(51-37)44(28-12-4-8-16-32(28)48(59)60)40-24-22-38(52-40)43(36-20-18-34(41)50-36)27-11-3-7-15-31(27)47(57)58;/h1-24,49,52H,(H,53,54)(H,55,56)(H,57,58)(H,59,60);. The Kier molecular flexibility index (Phi) is 10.4. The van der Waals surface area contributed by atoms with E-state index in [9.17, 15) is 39.6 Å². The number of carboxylic acid groups (broad SMARTS) is 4. The largest absolute Gasteiger partial charge is 0.478 e. The Balaban J connectivity index is 0.00000514. The zero-order chi connectivity index (χ0) is 41.7. The summed E-state index contributed by atoms with van der Waals surface area (Å²) in [6, 6.07) is 33.1. The van der Waals surface area contributed by atoms with E-state index in [0.717, 1.165) is 0 Å². The molecular weight excluding hydrogens is 824 g/mol. The minimum atomic E-state index is -1.17. The maximum absolute atomic E-state index is 12.7. The van der Waals surface area contributed by atoms with E-state index in [1.807, 2.05) is 0 Å². The van der Waals surface area contributed by atoms with E-state index in [4.69, 9.17) is 9.97 Å². The number of nitrogens with one attached hydrogen (secondary N) is 2. The van der Waals surface area contributed by atoms with Gasteiger partial charge in [0.15, 0.2) is 0 Å². The fourth-order valence-electron chi connectivity index (χ4n) is 7.89. The summed E-state index contributed by atoms with van der Waals surface area (Å²) in [5.74, 6) is -4.67. The van der Waals surface area contributed by atoms with Crippen LogP contribution in [0.25, 0.3) is 90.9 Å². The molecule has 4 aromatic carbocycles. The van der Waals surface area contributed by atoms with E-state index in [-0.39, 0.29) is 39.3 Å². The predicted molar refractivity (Wildman–Crippen MR) is 228 cm³/mol. The normalized spacial score (nSPS) is 11.5. The summed E-state index contributed by atoms with van der Waals surface area (Å²) in [4.78, 5) is 67.9. The Bertz CT molecular complexity index is 2830.